The average molecular weight is 641 g/mol. The number of imide groups is 1. The first-order valence-electron chi connectivity index (χ1n) is 15.4. The van der Waals surface area contributed by atoms with Crippen LogP contribution in [0.2, 0.25) is 0 Å². The minimum absolute atomic E-state index is 0.222. The van der Waals surface area contributed by atoms with Crippen LogP contribution in [0.5, 0.6) is 0 Å². The van der Waals surface area contributed by atoms with Crippen molar-refractivity contribution in [1.29, 1.82) is 0 Å². The molecule has 0 aromatic heterocycles. The SMILES string of the molecule is CC1(C)[C@@H]2C(=O)NC(=O)N([C@@H]3O[C@H](COC(=O)c4ccccc4)[C@@H](OC(=O)c4ccccc4)[C@H]3OC(=O)c3ccccc3)[C@@H]2C1(C)C. The Bertz CT molecular complexity index is 1680. The monoisotopic (exact) mass is 640 g/mol. The van der Waals surface area contributed by atoms with E-state index in [1.54, 1.807) is 91.0 Å². The fourth-order valence-electron chi connectivity index (χ4n) is 6.81. The Labute approximate surface area is 272 Å². The molecule has 244 valence electrons. The minimum atomic E-state index is -1.37. The first kappa shape index (κ1) is 31.9. The number of nitrogens with one attached hydrogen (secondary N) is 1. The maximum atomic E-state index is 13.7. The number of carbonyl (C=O) groups is 5. The van der Waals surface area contributed by atoms with E-state index >= 15 is 0 Å². The van der Waals surface area contributed by atoms with Gasteiger partial charge in [0.05, 0.1) is 28.7 Å². The summed E-state index contributed by atoms with van der Waals surface area (Å²) in [5, 5.41) is 2.44. The van der Waals surface area contributed by atoms with Gasteiger partial charge >= 0.3 is 23.9 Å². The van der Waals surface area contributed by atoms with Crippen molar-refractivity contribution >= 4 is 29.8 Å². The minimum Gasteiger partial charge on any atom is -0.459 e. The van der Waals surface area contributed by atoms with E-state index in [0.29, 0.717) is 5.56 Å². The molecule has 0 radical (unpaired) electrons. The highest BCUT2D eigenvalue weighted by Crippen LogP contribution is 2.63. The second-order valence-electron chi connectivity index (χ2n) is 13.1. The van der Waals surface area contributed by atoms with Gasteiger partial charge in [0.15, 0.2) is 18.4 Å². The molecular formula is C36H36N2O9. The number of ether oxygens (including phenoxy) is 4. The van der Waals surface area contributed by atoms with Crippen LogP contribution >= 0.6 is 0 Å². The summed E-state index contributed by atoms with van der Waals surface area (Å²) in [5.74, 6) is -3.13. The van der Waals surface area contributed by atoms with E-state index in [0.717, 1.165) is 0 Å². The smallest absolute Gasteiger partial charge is 0.338 e. The first-order chi connectivity index (χ1) is 22.4. The number of amides is 3. The summed E-state index contributed by atoms with van der Waals surface area (Å²) in [6.07, 6.45) is -5.15. The molecule has 0 spiro atoms. The molecular weight excluding hydrogens is 604 g/mol. The predicted octanol–water partition coefficient (Wildman–Crippen LogP) is 4.62. The average Bonchev–Trinajstić information content (AvgIpc) is 3.39. The van der Waals surface area contributed by atoms with Gasteiger partial charge in [0.25, 0.3) is 0 Å². The third-order valence-corrected chi connectivity index (χ3v) is 9.99. The molecule has 11 heteroatoms. The number of nitrogens with zero attached hydrogens (tertiary/aromatic N) is 1. The molecule has 3 aliphatic rings. The van der Waals surface area contributed by atoms with Crippen molar-refractivity contribution in [2.24, 2.45) is 16.7 Å². The number of hydrogen-bond acceptors (Lipinski definition) is 9. The molecule has 3 aromatic carbocycles. The van der Waals surface area contributed by atoms with Crippen molar-refractivity contribution in [2.75, 3.05) is 6.61 Å². The van der Waals surface area contributed by atoms with E-state index in [1.165, 1.54) is 4.90 Å². The maximum absolute atomic E-state index is 13.7. The molecule has 0 bridgehead atoms. The van der Waals surface area contributed by atoms with Crippen LogP contribution in [-0.2, 0) is 23.7 Å². The van der Waals surface area contributed by atoms with Gasteiger partial charge in [-0.25, -0.2) is 19.2 Å². The van der Waals surface area contributed by atoms with Crippen LogP contribution in [0.4, 0.5) is 4.79 Å². The van der Waals surface area contributed by atoms with Crippen LogP contribution in [0.1, 0.15) is 58.8 Å². The second kappa shape index (κ2) is 12.3. The van der Waals surface area contributed by atoms with Crippen molar-refractivity contribution < 1.29 is 42.9 Å². The lowest BCUT2D eigenvalue weighted by Gasteiger charge is -2.68. The molecule has 1 N–H and O–H groups in total. The standard InChI is InChI=1S/C36H36N2O9/c1-35(2)25-28(36(35,3)4)38(34(43)37-29(25)39)30-27(47-33(42)23-18-12-7-13-19-23)26(46-32(41)22-16-10-6-11-17-22)24(45-30)20-44-31(40)21-14-8-5-9-15-21/h5-19,24-28,30H,20H2,1-4H3,(H,37,39,43)/t24-,25+,26-,27-,28+,30-/m1/s1. The summed E-state index contributed by atoms with van der Waals surface area (Å²) < 4.78 is 24.1. The topological polar surface area (TPSA) is 138 Å². The molecule has 2 saturated heterocycles. The van der Waals surface area contributed by atoms with Gasteiger partial charge in [-0.15, -0.1) is 0 Å². The molecule has 1 aliphatic carbocycles. The van der Waals surface area contributed by atoms with Crippen LogP contribution in [0.15, 0.2) is 91.0 Å². The molecule has 0 unspecified atom stereocenters. The molecule has 47 heavy (non-hydrogen) atoms. The zero-order chi connectivity index (χ0) is 33.5. The summed E-state index contributed by atoms with van der Waals surface area (Å²) in [7, 11) is 0. The molecule has 3 fully saturated rings. The van der Waals surface area contributed by atoms with Gasteiger partial charge in [-0.1, -0.05) is 82.3 Å². The fourth-order valence-corrected chi connectivity index (χ4v) is 6.81. The number of urea groups is 1. The summed E-state index contributed by atoms with van der Waals surface area (Å²) in [5.41, 5.74) is -0.329. The molecule has 6 atom stereocenters. The molecule has 3 amide bonds. The highest BCUT2D eigenvalue weighted by Gasteiger charge is 2.71. The Morgan fingerprint density at radius 2 is 1.17 bits per heavy atom. The normalized spacial score (nSPS) is 27.1. The largest absolute Gasteiger partial charge is 0.459 e. The van der Waals surface area contributed by atoms with E-state index < -0.39 is 83.8 Å². The number of benzene rings is 3. The van der Waals surface area contributed by atoms with Crippen LogP contribution < -0.4 is 5.32 Å². The van der Waals surface area contributed by atoms with Gasteiger partial charge in [-0.3, -0.25) is 15.0 Å². The van der Waals surface area contributed by atoms with Gasteiger partial charge in [-0.2, -0.15) is 0 Å². The lowest BCUT2D eigenvalue weighted by Crippen LogP contribution is -2.80. The van der Waals surface area contributed by atoms with Gasteiger partial charge in [-0.05, 0) is 47.2 Å². The van der Waals surface area contributed by atoms with Crippen molar-refractivity contribution in [3.63, 3.8) is 0 Å². The van der Waals surface area contributed by atoms with Crippen LogP contribution in [0, 0.1) is 16.7 Å². The molecule has 2 heterocycles. The quantitative estimate of drug-likeness (QED) is 0.276. The highest BCUT2D eigenvalue weighted by molar-refractivity contribution is 6.00. The fraction of sp³-hybridized carbons (Fsp3) is 0.361. The van der Waals surface area contributed by atoms with Crippen molar-refractivity contribution in [3.05, 3.63) is 108 Å². The Morgan fingerprint density at radius 1 is 0.702 bits per heavy atom. The molecule has 2 aliphatic heterocycles. The molecule has 1 saturated carbocycles. The van der Waals surface area contributed by atoms with Crippen molar-refractivity contribution in [2.45, 2.75) is 58.3 Å². The summed E-state index contributed by atoms with van der Waals surface area (Å²) >= 11 is 0. The van der Waals surface area contributed by atoms with Gasteiger partial charge in [0, 0.05) is 0 Å². The van der Waals surface area contributed by atoms with Crippen LogP contribution in [0.3, 0.4) is 0 Å². The van der Waals surface area contributed by atoms with E-state index in [1.807, 2.05) is 27.7 Å². The zero-order valence-corrected chi connectivity index (χ0v) is 26.5. The number of fused-ring (bicyclic) bond motifs is 1. The van der Waals surface area contributed by atoms with E-state index in [2.05, 4.69) is 5.32 Å². The van der Waals surface area contributed by atoms with Gasteiger partial charge in [0.1, 0.15) is 12.7 Å². The lowest BCUT2D eigenvalue weighted by atomic mass is 9.42. The number of hydrogen-bond donors (Lipinski definition) is 1. The van der Waals surface area contributed by atoms with E-state index in [-0.39, 0.29) is 11.1 Å². The third kappa shape index (κ3) is 5.65. The third-order valence-electron chi connectivity index (χ3n) is 9.99. The Morgan fingerprint density at radius 3 is 1.68 bits per heavy atom. The lowest BCUT2D eigenvalue weighted by molar-refractivity contribution is -0.220. The van der Waals surface area contributed by atoms with Crippen LogP contribution in [-0.4, -0.2) is 71.9 Å². The van der Waals surface area contributed by atoms with Gasteiger partial charge < -0.3 is 18.9 Å². The maximum Gasteiger partial charge on any atom is 0.338 e. The Balaban J connectivity index is 1.38. The zero-order valence-electron chi connectivity index (χ0n) is 26.5. The summed E-state index contributed by atoms with van der Waals surface area (Å²) in [6, 6.07) is 23.4. The summed E-state index contributed by atoms with van der Waals surface area (Å²) in [4.78, 5) is 68.1. The molecule has 3 aromatic rings. The van der Waals surface area contributed by atoms with Gasteiger partial charge in [0.2, 0.25) is 5.91 Å². The summed E-state index contributed by atoms with van der Waals surface area (Å²) in [6.45, 7) is 7.44. The molecule has 11 nitrogen and oxygen atoms in total. The Kier molecular flexibility index (Phi) is 8.35. The van der Waals surface area contributed by atoms with E-state index in [9.17, 15) is 24.0 Å². The second-order valence-corrected chi connectivity index (χ2v) is 13.1. The first-order valence-corrected chi connectivity index (χ1v) is 15.4. The highest BCUT2D eigenvalue weighted by atomic mass is 16.7. The Hall–Kier alpha value is -5.03. The number of carbonyl (C=O) groups excluding carboxylic acids is 5. The van der Waals surface area contributed by atoms with Crippen LogP contribution in [0.25, 0.3) is 0 Å². The van der Waals surface area contributed by atoms with Crippen molar-refractivity contribution in [3.8, 4) is 0 Å². The van der Waals surface area contributed by atoms with E-state index in [4.69, 9.17) is 18.9 Å². The number of esters is 3. The molecule has 6 rings (SSSR count). The van der Waals surface area contributed by atoms with Crippen molar-refractivity contribution in [1.82, 2.24) is 10.2 Å². The predicted molar refractivity (Wildman–Crippen MR) is 167 cm³/mol. The number of rotatable bonds is 8.